The average molecular weight is 328 g/mol. The minimum absolute atomic E-state index is 0.0333. The summed E-state index contributed by atoms with van der Waals surface area (Å²) in [4.78, 5) is 11.9. The number of amides is 1. The van der Waals surface area contributed by atoms with E-state index in [2.05, 4.69) is 28.2 Å². The zero-order chi connectivity index (χ0) is 14.1. The van der Waals surface area contributed by atoms with E-state index in [0.29, 0.717) is 18.9 Å². The van der Waals surface area contributed by atoms with Crippen LogP contribution in [0.4, 0.5) is 0 Å². The lowest BCUT2D eigenvalue weighted by Gasteiger charge is -2.15. The molecule has 1 aromatic rings. The maximum atomic E-state index is 11.9. The van der Waals surface area contributed by atoms with Gasteiger partial charge in [-0.15, -0.1) is 0 Å². The van der Waals surface area contributed by atoms with Crippen LogP contribution in [0.1, 0.15) is 31.7 Å². The average Bonchev–Trinajstić information content (AvgIpc) is 2.39. The first-order valence-electron chi connectivity index (χ1n) is 6.78. The van der Waals surface area contributed by atoms with Crippen molar-refractivity contribution in [2.24, 2.45) is 5.92 Å². The summed E-state index contributed by atoms with van der Waals surface area (Å²) in [5, 5.41) is 11.9. The van der Waals surface area contributed by atoms with Gasteiger partial charge in [-0.3, -0.25) is 4.79 Å². The molecule has 1 unspecified atom stereocenters. The van der Waals surface area contributed by atoms with E-state index in [-0.39, 0.29) is 12.5 Å². The Balaban J connectivity index is 2.40. The van der Waals surface area contributed by atoms with Gasteiger partial charge in [0.2, 0.25) is 5.91 Å². The number of rotatable bonds is 8. The van der Waals surface area contributed by atoms with Gasteiger partial charge in [0, 0.05) is 17.6 Å². The third-order valence-electron chi connectivity index (χ3n) is 3.13. The first-order valence-corrected chi connectivity index (χ1v) is 7.57. The largest absolute Gasteiger partial charge is 0.396 e. The van der Waals surface area contributed by atoms with Crippen molar-refractivity contribution in [3.8, 4) is 0 Å². The Morgan fingerprint density at radius 3 is 2.74 bits per heavy atom. The van der Waals surface area contributed by atoms with Crippen LogP contribution < -0.4 is 5.32 Å². The van der Waals surface area contributed by atoms with E-state index in [1.807, 2.05) is 24.3 Å². The summed E-state index contributed by atoms with van der Waals surface area (Å²) in [7, 11) is 0. The molecule has 1 atom stereocenters. The van der Waals surface area contributed by atoms with Gasteiger partial charge in [-0.05, 0) is 30.4 Å². The van der Waals surface area contributed by atoms with Crippen molar-refractivity contribution in [2.75, 3.05) is 13.2 Å². The van der Waals surface area contributed by atoms with E-state index in [1.54, 1.807) is 0 Å². The molecule has 0 aliphatic carbocycles. The van der Waals surface area contributed by atoms with Gasteiger partial charge in [-0.1, -0.05) is 47.5 Å². The summed E-state index contributed by atoms with van der Waals surface area (Å²) < 4.78 is 0.964. The molecule has 0 spiro atoms. The second-order valence-electron chi connectivity index (χ2n) is 4.74. The van der Waals surface area contributed by atoms with Gasteiger partial charge in [-0.25, -0.2) is 0 Å². The molecule has 4 heteroatoms. The van der Waals surface area contributed by atoms with E-state index in [4.69, 9.17) is 5.11 Å². The third kappa shape index (κ3) is 6.21. The Hall–Kier alpha value is -0.870. The summed E-state index contributed by atoms with van der Waals surface area (Å²) in [6.07, 6.45) is 3.25. The predicted molar refractivity (Wildman–Crippen MR) is 81.0 cm³/mol. The molecule has 106 valence electrons. The molecule has 0 aliphatic heterocycles. The van der Waals surface area contributed by atoms with Crippen LogP contribution in [-0.2, 0) is 11.2 Å². The topological polar surface area (TPSA) is 49.3 Å². The molecule has 2 N–H and O–H groups in total. The SMILES string of the molecule is CCCC(CCO)CNC(=O)Cc1ccccc1Br. The maximum absolute atomic E-state index is 11.9. The van der Waals surface area contributed by atoms with E-state index in [1.165, 1.54) is 0 Å². The lowest BCUT2D eigenvalue weighted by atomic mass is 10.00. The van der Waals surface area contributed by atoms with Gasteiger partial charge >= 0.3 is 0 Å². The fourth-order valence-corrected chi connectivity index (χ4v) is 2.50. The van der Waals surface area contributed by atoms with Crippen LogP contribution in [0.2, 0.25) is 0 Å². The number of carbonyl (C=O) groups excluding carboxylic acids is 1. The van der Waals surface area contributed by atoms with Gasteiger partial charge in [0.25, 0.3) is 0 Å². The van der Waals surface area contributed by atoms with Gasteiger partial charge in [0.05, 0.1) is 6.42 Å². The van der Waals surface area contributed by atoms with E-state index < -0.39 is 0 Å². The molecule has 1 amide bonds. The highest BCUT2D eigenvalue weighted by Gasteiger charge is 2.10. The molecule has 0 fully saturated rings. The number of benzene rings is 1. The van der Waals surface area contributed by atoms with Crippen LogP contribution >= 0.6 is 15.9 Å². The van der Waals surface area contributed by atoms with Crippen LogP contribution in [-0.4, -0.2) is 24.2 Å². The Kier molecular flexibility index (Phi) is 7.75. The standard InChI is InChI=1S/C15H22BrNO2/c1-2-5-12(8-9-18)11-17-15(19)10-13-6-3-4-7-14(13)16/h3-4,6-7,12,18H,2,5,8-11H2,1H3,(H,17,19). The fraction of sp³-hybridized carbons (Fsp3) is 0.533. The molecule has 0 heterocycles. The van der Waals surface area contributed by atoms with Crippen LogP contribution in [0.25, 0.3) is 0 Å². The Labute approximate surface area is 123 Å². The zero-order valence-corrected chi connectivity index (χ0v) is 12.9. The summed E-state index contributed by atoms with van der Waals surface area (Å²) in [6, 6.07) is 7.75. The van der Waals surface area contributed by atoms with Gasteiger partial charge < -0.3 is 10.4 Å². The maximum Gasteiger partial charge on any atom is 0.224 e. The van der Waals surface area contributed by atoms with Crippen molar-refractivity contribution in [3.63, 3.8) is 0 Å². The van der Waals surface area contributed by atoms with Gasteiger partial charge in [0.15, 0.2) is 0 Å². The van der Waals surface area contributed by atoms with Crippen molar-refractivity contribution in [1.29, 1.82) is 0 Å². The number of nitrogens with one attached hydrogen (secondary N) is 1. The van der Waals surface area contributed by atoms with Crippen molar-refractivity contribution < 1.29 is 9.90 Å². The first kappa shape index (κ1) is 16.2. The van der Waals surface area contributed by atoms with Gasteiger partial charge in [-0.2, -0.15) is 0 Å². The van der Waals surface area contributed by atoms with Crippen molar-refractivity contribution >= 4 is 21.8 Å². The Morgan fingerprint density at radius 1 is 1.37 bits per heavy atom. The van der Waals surface area contributed by atoms with Crippen molar-refractivity contribution in [3.05, 3.63) is 34.3 Å². The van der Waals surface area contributed by atoms with Crippen LogP contribution in [0.15, 0.2) is 28.7 Å². The molecule has 0 aromatic heterocycles. The van der Waals surface area contributed by atoms with E-state index >= 15 is 0 Å². The molecular formula is C15H22BrNO2. The molecule has 3 nitrogen and oxygen atoms in total. The molecule has 1 aromatic carbocycles. The summed E-state index contributed by atoms with van der Waals surface area (Å²) >= 11 is 3.44. The number of carbonyl (C=O) groups is 1. The fourth-order valence-electron chi connectivity index (χ4n) is 2.07. The number of aliphatic hydroxyl groups is 1. The lowest BCUT2D eigenvalue weighted by Crippen LogP contribution is -2.31. The highest BCUT2D eigenvalue weighted by Crippen LogP contribution is 2.16. The quantitative estimate of drug-likeness (QED) is 0.771. The van der Waals surface area contributed by atoms with Crippen molar-refractivity contribution in [1.82, 2.24) is 5.32 Å². The first-order chi connectivity index (χ1) is 9.17. The number of aliphatic hydroxyl groups excluding tert-OH is 1. The highest BCUT2D eigenvalue weighted by molar-refractivity contribution is 9.10. The van der Waals surface area contributed by atoms with Crippen LogP contribution in [0.5, 0.6) is 0 Å². The second-order valence-corrected chi connectivity index (χ2v) is 5.59. The predicted octanol–water partition coefficient (Wildman–Crippen LogP) is 2.91. The minimum Gasteiger partial charge on any atom is -0.396 e. The van der Waals surface area contributed by atoms with Gasteiger partial charge in [0.1, 0.15) is 0 Å². The molecule has 0 bridgehead atoms. The zero-order valence-electron chi connectivity index (χ0n) is 11.4. The molecule has 0 aliphatic rings. The third-order valence-corrected chi connectivity index (χ3v) is 3.90. The van der Waals surface area contributed by atoms with Crippen LogP contribution in [0, 0.1) is 5.92 Å². The number of hydrogen-bond acceptors (Lipinski definition) is 2. The summed E-state index contributed by atoms with van der Waals surface area (Å²) in [5.74, 6) is 0.407. The molecular weight excluding hydrogens is 306 g/mol. The highest BCUT2D eigenvalue weighted by atomic mass is 79.9. The van der Waals surface area contributed by atoms with E-state index in [9.17, 15) is 4.79 Å². The normalized spacial score (nSPS) is 12.2. The smallest absolute Gasteiger partial charge is 0.224 e. The Bertz CT molecular complexity index is 389. The summed E-state index contributed by atoms with van der Waals surface area (Å²) in [6.45, 7) is 2.95. The molecule has 0 saturated heterocycles. The van der Waals surface area contributed by atoms with E-state index in [0.717, 1.165) is 29.3 Å². The Morgan fingerprint density at radius 2 is 2.11 bits per heavy atom. The number of halogens is 1. The monoisotopic (exact) mass is 327 g/mol. The molecule has 1 rings (SSSR count). The minimum atomic E-state index is 0.0333. The lowest BCUT2D eigenvalue weighted by molar-refractivity contribution is -0.120. The van der Waals surface area contributed by atoms with Crippen molar-refractivity contribution in [2.45, 2.75) is 32.6 Å². The second kappa shape index (κ2) is 9.10. The van der Waals surface area contributed by atoms with Crippen LogP contribution in [0.3, 0.4) is 0 Å². The molecule has 0 saturated carbocycles. The number of hydrogen-bond donors (Lipinski definition) is 2. The summed E-state index contributed by atoms with van der Waals surface area (Å²) in [5.41, 5.74) is 0.995. The molecule has 0 radical (unpaired) electrons. The molecule has 19 heavy (non-hydrogen) atoms.